The van der Waals surface area contributed by atoms with E-state index in [-0.39, 0.29) is 11.8 Å². The molecule has 5 rings (SSSR count). The van der Waals surface area contributed by atoms with Crippen LogP contribution < -0.4 is 15.4 Å². The summed E-state index contributed by atoms with van der Waals surface area (Å²) < 4.78 is 19.4. The smallest absolute Gasteiger partial charge is 0.317 e. The van der Waals surface area contributed by atoms with Crippen LogP contribution in [0.1, 0.15) is 25.0 Å². The standard InChI is InChI=1S/C25H28FN5O2/c1-33-23-5-2-17(26)14-20(23)19-6-9-28-24-21(19)15-22(30-24)16-7-12-31(13-8-16)25(32)29-11-10-27-18-3-4-18/h2,5-7,9,14-15,18,27H,3-4,8,10-13H2,1H3,(H,28,30)(H,29,32). The average molecular weight is 450 g/mol. The van der Waals surface area contributed by atoms with Gasteiger partial charge in [0.1, 0.15) is 17.2 Å². The number of urea groups is 1. The molecule has 1 aliphatic carbocycles. The predicted octanol–water partition coefficient (Wildman–Crippen LogP) is 3.93. The van der Waals surface area contributed by atoms with Gasteiger partial charge in [0, 0.05) is 55.1 Å². The van der Waals surface area contributed by atoms with Crippen LogP contribution >= 0.6 is 0 Å². The van der Waals surface area contributed by atoms with Crippen LogP contribution in [0.25, 0.3) is 27.7 Å². The summed E-state index contributed by atoms with van der Waals surface area (Å²) >= 11 is 0. The Kier molecular flexibility index (Phi) is 6.00. The number of carbonyl (C=O) groups excluding carboxylic acids is 1. The van der Waals surface area contributed by atoms with Crippen molar-refractivity contribution in [2.75, 3.05) is 33.3 Å². The number of pyridine rings is 1. The van der Waals surface area contributed by atoms with E-state index in [0.717, 1.165) is 40.8 Å². The molecule has 1 aromatic carbocycles. The Bertz CT molecular complexity index is 1200. The number of carbonyl (C=O) groups is 1. The zero-order valence-corrected chi connectivity index (χ0v) is 18.7. The van der Waals surface area contributed by atoms with Crippen LogP contribution in [0.5, 0.6) is 5.75 Å². The van der Waals surface area contributed by atoms with Crippen molar-refractivity contribution in [2.24, 2.45) is 0 Å². The van der Waals surface area contributed by atoms with E-state index in [1.165, 1.54) is 25.0 Å². The molecule has 172 valence electrons. The molecule has 2 amide bonds. The minimum atomic E-state index is -0.316. The lowest BCUT2D eigenvalue weighted by atomic mass is 10.0. The van der Waals surface area contributed by atoms with Gasteiger partial charge in [0.2, 0.25) is 0 Å². The lowest BCUT2D eigenvalue weighted by Gasteiger charge is -2.26. The highest BCUT2D eigenvalue weighted by atomic mass is 19.1. The van der Waals surface area contributed by atoms with Crippen molar-refractivity contribution in [1.29, 1.82) is 0 Å². The fourth-order valence-corrected chi connectivity index (χ4v) is 4.27. The van der Waals surface area contributed by atoms with Crippen LogP contribution in [0, 0.1) is 5.82 Å². The Labute approximate surface area is 192 Å². The summed E-state index contributed by atoms with van der Waals surface area (Å²) in [5, 5.41) is 7.29. The first-order valence-corrected chi connectivity index (χ1v) is 11.4. The van der Waals surface area contributed by atoms with Gasteiger partial charge in [-0.1, -0.05) is 6.08 Å². The number of amides is 2. The van der Waals surface area contributed by atoms with Gasteiger partial charge in [-0.15, -0.1) is 0 Å². The number of nitrogens with zero attached hydrogens (tertiary/aromatic N) is 2. The second-order valence-electron chi connectivity index (χ2n) is 8.53. The van der Waals surface area contributed by atoms with Crippen LogP contribution in [0.2, 0.25) is 0 Å². The number of rotatable bonds is 7. The van der Waals surface area contributed by atoms with Crippen LogP contribution in [0.15, 0.2) is 42.6 Å². The van der Waals surface area contributed by atoms with Gasteiger partial charge >= 0.3 is 6.03 Å². The SMILES string of the molecule is COc1ccc(F)cc1-c1ccnc2[nH]c(C3=CCN(C(=O)NCCNC4CC4)CC3)cc12. The Balaban J connectivity index is 1.31. The first-order valence-electron chi connectivity index (χ1n) is 11.4. The first-order chi connectivity index (χ1) is 16.1. The monoisotopic (exact) mass is 449 g/mol. The Morgan fingerprint density at radius 2 is 2.12 bits per heavy atom. The first kappa shape index (κ1) is 21.5. The molecule has 0 saturated heterocycles. The maximum Gasteiger partial charge on any atom is 0.317 e. The van der Waals surface area contributed by atoms with Crippen molar-refractivity contribution in [3.8, 4) is 16.9 Å². The maximum atomic E-state index is 14.0. The third-order valence-corrected chi connectivity index (χ3v) is 6.24. The van der Waals surface area contributed by atoms with Gasteiger partial charge in [0.25, 0.3) is 0 Å². The molecule has 7 nitrogen and oxygen atoms in total. The van der Waals surface area contributed by atoms with Gasteiger partial charge in [-0.2, -0.15) is 0 Å². The van der Waals surface area contributed by atoms with Crippen LogP contribution in [-0.4, -0.2) is 60.2 Å². The second-order valence-corrected chi connectivity index (χ2v) is 8.53. The molecule has 0 spiro atoms. The summed E-state index contributed by atoms with van der Waals surface area (Å²) in [6.45, 7) is 2.67. The number of aromatic amines is 1. The third kappa shape index (κ3) is 4.71. The molecule has 1 saturated carbocycles. The Morgan fingerprint density at radius 3 is 2.88 bits per heavy atom. The highest BCUT2D eigenvalue weighted by Crippen LogP contribution is 2.36. The van der Waals surface area contributed by atoms with Crippen molar-refractivity contribution >= 4 is 22.6 Å². The zero-order chi connectivity index (χ0) is 22.8. The molecule has 3 N–H and O–H groups in total. The highest BCUT2D eigenvalue weighted by molar-refractivity contribution is 5.96. The summed E-state index contributed by atoms with van der Waals surface area (Å²) in [4.78, 5) is 22.1. The molecule has 1 fully saturated rings. The lowest BCUT2D eigenvalue weighted by molar-refractivity contribution is 0.203. The topological polar surface area (TPSA) is 82.3 Å². The van der Waals surface area contributed by atoms with E-state index >= 15 is 0 Å². The number of methoxy groups -OCH3 is 1. The number of ether oxygens (including phenoxy) is 1. The molecule has 0 radical (unpaired) electrons. The summed E-state index contributed by atoms with van der Waals surface area (Å²) in [6, 6.07) is 9.05. The second kappa shape index (κ2) is 9.23. The number of fused-ring (bicyclic) bond motifs is 1. The number of nitrogens with one attached hydrogen (secondary N) is 3. The summed E-state index contributed by atoms with van der Waals surface area (Å²) in [5.74, 6) is 0.292. The molecule has 2 aromatic heterocycles. The van der Waals surface area contributed by atoms with Gasteiger partial charge in [0.05, 0.1) is 7.11 Å². The van der Waals surface area contributed by atoms with E-state index in [1.54, 1.807) is 19.4 Å². The van der Waals surface area contributed by atoms with Crippen LogP contribution in [-0.2, 0) is 0 Å². The van der Waals surface area contributed by atoms with Crippen molar-refractivity contribution < 1.29 is 13.9 Å². The predicted molar refractivity (Wildman–Crippen MR) is 127 cm³/mol. The molecule has 2 aliphatic rings. The summed E-state index contributed by atoms with van der Waals surface area (Å²) in [7, 11) is 1.58. The molecule has 33 heavy (non-hydrogen) atoms. The molecular weight excluding hydrogens is 421 g/mol. The zero-order valence-electron chi connectivity index (χ0n) is 18.7. The Morgan fingerprint density at radius 1 is 1.24 bits per heavy atom. The van der Waals surface area contributed by atoms with E-state index < -0.39 is 0 Å². The lowest BCUT2D eigenvalue weighted by Crippen LogP contribution is -2.44. The van der Waals surface area contributed by atoms with Crippen molar-refractivity contribution in [2.45, 2.75) is 25.3 Å². The quantitative estimate of drug-likeness (QED) is 0.478. The molecule has 0 atom stereocenters. The van der Waals surface area contributed by atoms with E-state index in [2.05, 4.69) is 26.7 Å². The van der Waals surface area contributed by atoms with Crippen molar-refractivity contribution in [1.82, 2.24) is 25.5 Å². The molecular formula is C25H28FN5O2. The normalized spacial score (nSPS) is 16.1. The molecule has 0 bridgehead atoms. The van der Waals surface area contributed by atoms with E-state index in [4.69, 9.17) is 4.74 Å². The number of hydrogen-bond donors (Lipinski definition) is 3. The number of benzene rings is 1. The van der Waals surface area contributed by atoms with E-state index in [0.29, 0.717) is 37.0 Å². The number of H-pyrrole nitrogens is 1. The van der Waals surface area contributed by atoms with Gasteiger partial charge < -0.3 is 25.3 Å². The van der Waals surface area contributed by atoms with E-state index in [1.807, 2.05) is 17.0 Å². The number of aromatic nitrogens is 2. The van der Waals surface area contributed by atoms with Crippen LogP contribution in [0.3, 0.4) is 0 Å². The molecule has 8 heteroatoms. The minimum absolute atomic E-state index is 0.0262. The number of hydrogen-bond acceptors (Lipinski definition) is 4. The Hall–Kier alpha value is -3.39. The largest absolute Gasteiger partial charge is 0.496 e. The summed E-state index contributed by atoms with van der Waals surface area (Å²) in [5.41, 5.74) is 4.39. The number of halogens is 1. The highest BCUT2D eigenvalue weighted by Gasteiger charge is 2.21. The third-order valence-electron chi connectivity index (χ3n) is 6.24. The fourth-order valence-electron chi connectivity index (χ4n) is 4.27. The van der Waals surface area contributed by atoms with Gasteiger partial charge in [-0.05, 0) is 60.7 Å². The van der Waals surface area contributed by atoms with Gasteiger partial charge in [0.15, 0.2) is 0 Å². The maximum absolute atomic E-state index is 14.0. The van der Waals surface area contributed by atoms with Crippen LogP contribution in [0.4, 0.5) is 9.18 Å². The van der Waals surface area contributed by atoms with E-state index in [9.17, 15) is 9.18 Å². The molecule has 3 heterocycles. The minimum Gasteiger partial charge on any atom is -0.496 e. The molecule has 1 aliphatic heterocycles. The molecule has 3 aromatic rings. The van der Waals surface area contributed by atoms with Crippen molar-refractivity contribution in [3.05, 3.63) is 54.1 Å². The van der Waals surface area contributed by atoms with Gasteiger partial charge in [-0.3, -0.25) is 0 Å². The fraction of sp³-hybridized carbons (Fsp3) is 0.360. The average Bonchev–Trinajstić information content (AvgIpc) is 3.56. The summed E-state index contributed by atoms with van der Waals surface area (Å²) in [6.07, 6.45) is 7.03. The molecule has 0 unspecified atom stereocenters. The van der Waals surface area contributed by atoms with Crippen molar-refractivity contribution in [3.63, 3.8) is 0 Å². The van der Waals surface area contributed by atoms with Gasteiger partial charge in [-0.25, -0.2) is 14.2 Å².